The molecule has 1 aromatic rings. The highest BCUT2D eigenvalue weighted by Gasteiger charge is 2.20. The highest BCUT2D eigenvalue weighted by Crippen LogP contribution is 2.19. The minimum atomic E-state index is -0.384. The number of phenols is 1. The number of ether oxygens (including phenoxy) is 1. The van der Waals surface area contributed by atoms with Crippen LogP contribution < -0.4 is 0 Å². The van der Waals surface area contributed by atoms with Crippen molar-refractivity contribution >= 4 is 0 Å². The lowest BCUT2D eigenvalue weighted by atomic mass is 10.1. The van der Waals surface area contributed by atoms with Crippen LogP contribution >= 0.6 is 0 Å². The molecular weight excluding hydrogens is 245 g/mol. The third-order valence-corrected chi connectivity index (χ3v) is 3.37. The Morgan fingerprint density at radius 3 is 3.00 bits per heavy atom. The van der Waals surface area contributed by atoms with Crippen LogP contribution in [0.25, 0.3) is 0 Å². The summed E-state index contributed by atoms with van der Waals surface area (Å²) in [6, 6.07) is 4.24. The molecule has 2 rings (SSSR count). The second-order valence-electron chi connectivity index (χ2n) is 5.19. The maximum atomic E-state index is 13.2. The van der Waals surface area contributed by atoms with Crippen molar-refractivity contribution in [2.24, 2.45) is 0 Å². The van der Waals surface area contributed by atoms with Crippen LogP contribution in [0.15, 0.2) is 18.2 Å². The van der Waals surface area contributed by atoms with Crippen molar-refractivity contribution in [3.8, 4) is 5.75 Å². The molecule has 1 aliphatic heterocycles. The number of phenolic OH excluding ortho intramolecular Hbond substituents is 1. The van der Waals surface area contributed by atoms with Gasteiger partial charge in [-0.05, 0) is 43.5 Å². The molecule has 1 saturated heterocycles. The van der Waals surface area contributed by atoms with Gasteiger partial charge in [-0.1, -0.05) is 6.92 Å². The summed E-state index contributed by atoms with van der Waals surface area (Å²) >= 11 is 0. The van der Waals surface area contributed by atoms with E-state index in [9.17, 15) is 9.50 Å². The Labute approximate surface area is 114 Å². The molecule has 1 N–H and O–H groups in total. The number of halogens is 1. The standard InChI is InChI=1S/C15H22FNO2/c1-2-6-19-15-4-3-5-17(11-15)10-12-7-13(16)9-14(18)8-12/h7-9,15,18H,2-6,10-11H2,1H3. The van der Waals surface area contributed by atoms with Gasteiger partial charge in [0.2, 0.25) is 0 Å². The molecule has 19 heavy (non-hydrogen) atoms. The second-order valence-corrected chi connectivity index (χ2v) is 5.19. The molecule has 4 heteroatoms. The molecule has 1 aromatic carbocycles. The monoisotopic (exact) mass is 267 g/mol. The van der Waals surface area contributed by atoms with Crippen molar-refractivity contribution in [3.63, 3.8) is 0 Å². The van der Waals surface area contributed by atoms with Gasteiger partial charge in [-0.25, -0.2) is 4.39 Å². The number of benzene rings is 1. The van der Waals surface area contributed by atoms with Crippen molar-refractivity contribution in [1.82, 2.24) is 4.90 Å². The summed E-state index contributed by atoms with van der Waals surface area (Å²) in [6.45, 7) is 5.47. The van der Waals surface area contributed by atoms with Crippen LogP contribution in [0.4, 0.5) is 4.39 Å². The molecule has 1 unspecified atom stereocenters. The van der Waals surface area contributed by atoms with Crippen LogP contribution in [0, 0.1) is 5.82 Å². The van der Waals surface area contributed by atoms with E-state index < -0.39 is 0 Å². The first-order valence-corrected chi connectivity index (χ1v) is 6.99. The fourth-order valence-electron chi connectivity index (χ4n) is 2.56. The Hall–Kier alpha value is -1.13. The van der Waals surface area contributed by atoms with Crippen LogP contribution in [-0.2, 0) is 11.3 Å². The summed E-state index contributed by atoms with van der Waals surface area (Å²) in [4.78, 5) is 2.26. The Balaban J connectivity index is 1.91. The summed E-state index contributed by atoms with van der Waals surface area (Å²) in [7, 11) is 0. The highest BCUT2D eigenvalue weighted by molar-refractivity contribution is 5.28. The molecule has 1 heterocycles. The first-order chi connectivity index (χ1) is 9.17. The predicted octanol–water partition coefficient (Wildman–Crippen LogP) is 2.92. The van der Waals surface area contributed by atoms with Crippen LogP contribution in [-0.4, -0.2) is 35.8 Å². The largest absolute Gasteiger partial charge is 0.508 e. The van der Waals surface area contributed by atoms with E-state index in [1.165, 1.54) is 6.07 Å². The van der Waals surface area contributed by atoms with E-state index in [1.807, 2.05) is 0 Å². The molecule has 3 nitrogen and oxygen atoms in total. The molecule has 1 aliphatic rings. The first kappa shape index (κ1) is 14.3. The number of aromatic hydroxyl groups is 1. The van der Waals surface area contributed by atoms with Gasteiger partial charge in [0.25, 0.3) is 0 Å². The molecule has 0 saturated carbocycles. The lowest BCUT2D eigenvalue weighted by Gasteiger charge is -2.32. The number of rotatable bonds is 5. The SMILES string of the molecule is CCCOC1CCCN(Cc2cc(O)cc(F)c2)C1. The number of hydrogen-bond donors (Lipinski definition) is 1. The molecule has 0 radical (unpaired) electrons. The fraction of sp³-hybridized carbons (Fsp3) is 0.600. The third kappa shape index (κ3) is 4.48. The molecule has 1 atom stereocenters. The summed E-state index contributed by atoms with van der Waals surface area (Å²) < 4.78 is 19.0. The zero-order valence-electron chi connectivity index (χ0n) is 11.4. The van der Waals surface area contributed by atoms with E-state index in [0.29, 0.717) is 6.54 Å². The van der Waals surface area contributed by atoms with Gasteiger partial charge in [-0.3, -0.25) is 4.90 Å². The van der Waals surface area contributed by atoms with E-state index in [1.54, 1.807) is 6.07 Å². The summed E-state index contributed by atoms with van der Waals surface area (Å²) in [5, 5.41) is 9.41. The number of likely N-dealkylation sites (tertiary alicyclic amines) is 1. The Morgan fingerprint density at radius 2 is 2.26 bits per heavy atom. The summed E-state index contributed by atoms with van der Waals surface area (Å²) in [6.07, 6.45) is 3.53. The lowest BCUT2D eigenvalue weighted by Crippen LogP contribution is -2.39. The molecule has 0 aliphatic carbocycles. The summed E-state index contributed by atoms with van der Waals surface area (Å²) in [5.41, 5.74) is 0.814. The molecule has 0 aromatic heterocycles. The lowest BCUT2D eigenvalue weighted by molar-refractivity contribution is -0.00225. The molecule has 0 spiro atoms. The van der Waals surface area contributed by atoms with Gasteiger partial charge in [0, 0.05) is 25.8 Å². The quantitative estimate of drug-likeness (QED) is 0.890. The van der Waals surface area contributed by atoms with Crippen molar-refractivity contribution in [2.45, 2.75) is 38.8 Å². The zero-order chi connectivity index (χ0) is 13.7. The van der Waals surface area contributed by atoms with Crippen LogP contribution in [0.2, 0.25) is 0 Å². The summed E-state index contributed by atoms with van der Waals surface area (Å²) in [5.74, 6) is -0.392. The van der Waals surface area contributed by atoms with E-state index in [0.717, 1.165) is 50.6 Å². The zero-order valence-corrected chi connectivity index (χ0v) is 11.4. The second kappa shape index (κ2) is 6.87. The van der Waals surface area contributed by atoms with Gasteiger partial charge in [-0.15, -0.1) is 0 Å². The maximum absolute atomic E-state index is 13.2. The molecule has 106 valence electrons. The highest BCUT2D eigenvalue weighted by atomic mass is 19.1. The topological polar surface area (TPSA) is 32.7 Å². The number of piperidine rings is 1. The Bertz CT molecular complexity index is 391. The minimum Gasteiger partial charge on any atom is -0.508 e. The number of nitrogens with zero attached hydrogens (tertiary/aromatic N) is 1. The fourth-order valence-corrected chi connectivity index (χ4v) is 2.56. The molecule has 0 bridgehead atoms. The Kier molecular flexibility index (Phi) is 5.16. The van der Waals surface area contributed by atoms with E-state index in [2.05, 4.69) is 11.8 Å². The van der Waals surface area contributed by atoms with Gasteiger partial charge in [0.15, 0.2) is 0 Å². The van der Waals surface area contributed by atoms with Crippen LogP contribution in [0.3, 0.4) is 0 Å². The van der Waals surface area contributed by atoms with Crippen LogP contribution in [0.1, 0.15) is 31.7 Å². The average Bonchev–Trinajstić information content (AvgIpc) is 2.35. The molecular formula is C15H22FNO2. The normalized spacial score (nSPS) is 20.6. The third-order valence-electron chi connectivity index (χ3n) is 3.37. The van der Waals surface area contributed by atoms with Crippen molar-refractivity contribution in [3.05, 3.63) is 29.6 Å². The van der Waals surface area contributed by atoms with E-state index in [-0.39, 0.29) is 17.7 Å². The van der Waals surface area contributed by atoms with Gasteiger partial charge in [0.05, 0.1) is 6.10 Å². The van der Waals surface area contributed by atoms with E-state index in [4.69, 9.17) is 4.74 Å². The predicted molar refractivity (Wildman–Crippen MR) is 72.6 cm³/mol. The molecule has 1 fully saturated rings. The van der Waals surface area contributed by atoms with Crippen molar-refractivity contribution in [1.29, 1.82) is 0 Å². The van der Waals surface area contributed by atoms with Gasteiger partial charge in [-0.2, -0.15) is 0 Å². The number of hydrogen-bond acceptors (Lipinski definition) is 3. The van der Waals surface area contributed by atoms with Crippen molar-refractivity contribution in [2.75, 3.05) is 19.7 Å². The average molecular weight is 267 g/mol. The van der Waals surface area contributed by atoms with Gasteiger partial charge < -0.3 is 9.84 Å². The van der Waals surface area contributed by atoms with E-state index >= 15 is 0 Å². The maximum Gasteiger partial charge on any atom is 0.127 e. The van der Waals surface area contributed by atoms with Crippen LogP contribution in [0.5, 0.6) is 5.75 Å². The Morgan fingerprint density at radius 1 is 1.42 bits per heavy atom. The molecule has 0 amide bonds. The van der Waals surface area contributed by atoms with Crippen molar-refractivity contribution < 1.29 is 14.2 Å². The smallest absolute Gasteiger partial charge is 0.127 e. The first-order valence-electron chi connectivity index (χ1n) is 6.99. The van der Waals surface area contributed by atoms with Gasteiger partial charge in [0.1, 0.15) is 11.6 Å². The van der Waals surface area contributed by atoms with Gasteiger partial charge >= 0.3 is 0 Å². The minimum absolute atomic E-state index is 0.00853.